The molecule has 25 heavy (non-hydrogen) atoms. The molecule has 0 radical (unpaired) electrons. The van der Waals surface area contributed by atoms with E-state index in [1.165, 1.54) is 4.31 Å². The lowest BCUT2D eigenvalue weighted by Gasteiger charge is -2.36. The third-order valence-corrected chi connectivity index (χ3v) is 5.89. The first-order valence-electron chi connectivity index (χ1n) is 8.78. The largest absolute Gasteiger partial charge is 0.378 e. The highest BCUT2D eigenvalue weighted by Gasteiger charge is 2.29. The summed E-state index contributed by atoms with van der Waals surface area (Å²) in [4.78, 5) is 16.6. The Balaban J connectivity index is 2.22. The van der Waals surface area contributed by atoms with Crippen LogP contribution < -0.4 is 9.21 Å². The lowest BCUT2D eigenvalue weighted by atomic mass is 10.00. The minimum absolute atomic E-state index is 0.117. The number of piperidine rings is 1. The minimum Gasteiger partial charge on any atom is -0.378 e. The van der Waals surface area contributed by atoms with Crippen molar-refractivity contribution in [3.05, 3.63) is 24.3 Å². The van der Waals surface area contributed by atoms with Crippen LogP contribution in [0.25, 0.3) is 0 Å². The van der Waals surface area contributed by atoms with Gasteiger partial charge in [0, 0.05) is 32.4 Å². The Morgan fingerprint density at radius 2 is 1.76 bits per heavy atom. The quantitative estimate of drug-likeness (QED) is 0.774. The Hall–Kier alpha value is -1.76. The fraction of sp³-hybridized carbons (Fsp3) is 0.611. The van der Waals surface area contributed by atoms with Crippen molar-refractivity contribution < 1.29 is 13.2 Å². The van der Waals surface area contributed by atoms with Crippen molar-refractivity contribution in [2.45, 2.75) is 38.6 Å². The van der Waals surface area contributed by atoms with Gasteiger partial charge in [-0.05, 0) is 49.9 Å². The summed E-state index contributed by atoms with van der Waals surface area (Å²) in [6.07, 6.45) is 5.16. The average molecular weight is 368 g/mol. The van der Waals surface area contributed by atoms with E-state index in [1.807, 2.05) is 36.0 Å². The molecule has 140 valence electrons. The van der Waals surface area contributed by atoms with Gasteiger partial charge in [0.25, 0.3) is 0 Å². The maximum atomic E-state index is 12.8. The number of sulfonamides is 1. The number of rotatable bonds is 6. The molecular formula is C18H29N3O3S. The van der Waals surface area contributed by atoms with Crippen molar-refractivity contribution in [2.75, 3.05) is 42.6 Å². The molecule has 0 spiro atoms. The molecular weight excluding hydrogens is 338 g/mol. The Kier molecular flexibility index (Phi) is 6.32. The molecule has 0 aromatic heterocycles. The first-order valence-corrected chi connectivity index (χ1v) is 10.6. The Bertz CT molecular complexity index is 686. The molecule has 1 aliphatic heterocycles. The van der Waals surface area contributed by atoms with Gasteiger partial charge >= 0.3 is 0 Å². The smallest absolute Gasteiger partial charge is 0.243 e. The third kappa shape index (κ3) is 4.87. The summed E-state index contributed by atoms with van der Waals surface area (Å²) in [7, 11) is 0.313. The van der Waals surface area contributed by atoms with Crippen LogP contribution in [0.1, 0.15) is 32.6 Å². The van der Waals surface area contributed by atoms with Gasteiger partial charge in [-0.15, -0.1) is 0 Å². The first kappa shape index (κ1) is 19.6. The van der Waals surface area contributed by atoms with Crippen LogP contribution in [-0.4, -0.2) is 58.7 Å². The third-order valence-electron chi connectivity index (χ3n) is 4.75. The van der Waals surface area contributed by atoms with Gasteiger partial charge < -0.3 is 9.80 Å². The summed E-state index contributed by atoms with van der Waals surface area (Å²) < 4.78 is 25.7. The summed E-state index contributed by atoms with van der Waals surface area (Å²) in [6, 6.07) is 7.43. The van der Waals surface area contributed by atoms with Gasteiger partial charge in [0.1, 0.15) is 6.54 Å². The predicted octanol–water partition coefficient (Wildman–Crippen LogP) is 2.31. The summed E-state index contributed by atoms with van der Waals surface area (Å²) in [5, 5.41) is 0. The molecule has 0 N–H and O–H groups in total. The van der Waals surface area contributed by atoms with Crippen molar-refractivity contribution in [1.82, 2.24) is 4.90 Å². The van der Waals surface area contributed by atoms with Crippen LogP contribution in [0.2, 0.25) is 0 Å². The topological polar surface area (TPSA) is 60.9 Å². The Morgan fingerprint density at radius 3 is 2.28 bits per heavy atom. The average Bonchev–Trinajstić information content (AvgIpc) is 2.58. The number of carbonyl (C=O) groups is 1. The van der Waals surface area contributed by atoms with Crippen LogP contribution in [0.5, 0.6) is 0 Å². The van der Waals surface area contributed by atoms with Crippen molar-refractivity contribution in [1.29, 1.82) is 0 Å². The Labute approximate surface area is 151 Å². The molecule has 0 bridgehead atoms. The summed E-state index contributed by atoms with van der Waals surface area (Å²) in [6.45, 7) is 2.65. The van der Waals surface area contributed by atoms with Crippen LogP contribution >= 0.6 is 0 Å². The fourth-order valence-electron chi connectivity index (χ4n) is 3.28. The van der Waals surface area contributed by atoms with Crippen molar-refractivity contribution in [2.24, 2.45) is 0 Å². The van der Waals surface area contributed by atoms with E-state index in [-0.39, 0.29) is 18.5 Å². The van der Waals surface area contributed by atoms with Crippen LogP contribution in [-0.2, 0) is 14.8 Å². The van der Waals surface area contributed by atoms with Gasteiger partial charge in [-0.1, -0.05) is 6.92 Å². The molecule has 6 nitrogen and oxygen atoms in total. The number of amides is 1. The maximum Gasteiger partial charge on any atom is 0.243 e. The molecule has 1 heterocycles. The van der Waals surface area contributed by atoms with Crippen molar-refractivity contribution in [3.63, 3.8) is 0 Å². The minimum atomic E-state index is -3.54. The number of nitrogens with zero attached hydrogens (tertiary/aromatic N) is 3. The normalized spacial score (nSPS) is 18.1. The number of benzene rings is 1. The predicted molar refractivity (Wildman–Crippen MR) is 103 cm³/mol. The fourth-order valence-corrected chi connectivity index (χ4v) is 4.13. The number of hydrogen-bond acceptors (Lipinski definition) is 4. The second-order valence-electron chi connectivity index (χ2n) is 6.83. The number of anilines is 2. The van der Waals surface area contributed by atoms with E-state index < -0.39 is 10.0 Å². The maximum absolute atomic E-state index is 12.8. The van der Waals surface area contributed by atoms with Crippen LogP contribution in [0.15, 0.2) is 24.3 Å². The van der Waals surface area contributed by atoms with E-state index in [2.05, 4.69) is 6.92 Å². The lowest BCUT2D eigenvalue weighted by Crippen LogP contribution is -2.48. The van der Waals surface area contributed by atoms with E-state index in [0.29, 0.717) is 12.2 Å². The van der Waals surface area contributed by atoms with E-state index in [4.69, 9.17) is 0 Å². The zero-order valence-corrected chi connectivity index (χ0v) is 16.4. The van der Waals surface area contributed by atoms with Crippen LogP contribution in [0.3, 0.4) is 0 Å². The van der Waals surface area contributed by atoms with E-state index in [0.717, 1.165) is 37.6 Å². The number of likely N-dealkylation sites (tertiary alicyclic amines) is 1. The van der Waals surface area contributed by atoms with Gasteiger partial charge in [0.05, 0.1) is 11.9 Å². The monoisotopic (exact) mass is 367 g/mol. The number of hydrogen-bond donors (Lipinski definition) is 0. The lowest BCUT2D eigenvalue weighted by molar-refractivity contribution is -0.133. The molecule has 1 aliphatic rings. The highest BCUT2D eigenvalue weighted by molar-refractivity contribution is 7.92. The van der Waals surface area contributed by atoms with Gasteiger partial charge in [0.15, 0.2) is 0 Å². The molecule has 0 saturated carbocycles. The van der Waals surface area contributed by atoms with Crippen molar-refractivity contribution >= 4 is 27.3 Å². The van der Waals surface area contributed by atoms with Gasteiger partial charge in [0.2, 0.25) is 15.9 Å². The molecule has 1 amide bonds. The first-order chi connectivity index (χ1) is 11.7. The molecule has 7 heteroatoms. The summed E-state index contributed by atoms with van der Waals surface area (Å²) in [5.41, 5.74) is 1.50. The highest BCUT2D eigenvalue weighted by atomic mass is 32.2. The zero-order chi connectivity index (χ0) is 18.6. The van der Waals surface area contributed by atoms with E-state index in [1.54, 1.807) is 12.1 Å². The number of carbonyl (C=O) groups excluding carboxylic acids is 1. The van der Waals surface area contributed by atoms with Crippen molar-refractivity contribution in [3.8, 4) is 0 Å². The molecule has 2 rings (SSSR count). The SMILES string of the molecule is CCC1CCCCN1C(=O)CN(c1ccc(N(C)C)cc1)S(C)(=O)=O. The van der Waals surface area contributed by atoms with Gasteiger partial charge in [-0.25, -0.2) is 8.42 Å². The van der Waals surface area contributed by atoms with Gasteiger partial charge in [-0.3, -0.25) is 9.10 Å². The zero-order valence-electron chi connectivity index (χ0n) is 15.6. The molecule has 1 fully saturated rings. The molecule has 1 saturated heterocycles. The van der Waals surface area contributed by atoms with E-state index >= 15 is 0 Å². The molecule has 0 aliphatic carbocycles. The Morgan fingerprint density at radius 1 is 1.16 bits per heavy atom. The summed E-state index contributed by atoms with van der Waals surface area (Å²) in [5.74, 6) is -0.117. The van der Waals surface area contributed by atoms with E-state index in [9.17, 15) is 13.2 Å². The second-order valence-corrected chi connectivity index (χ2v) is 8.73. The summed E-state index contributed by atoms with van der Waals surface area (Å²) >= 11 is 0. The highest BCUT2D eigenvalue weighted by Crippen LogP contribution is 2.24. The molecule has 1 unspecified atom stereocenters. The molecule has 1 aromatic carbocycles. The second kappa shape index (κ2) is 8.08. The standard InChI is InChI=1S/C18H29N3O3S/c1-5-15-8-6-7-13-20(15)18(22)14-21(25(4,23)24)17-11-9-16(10-12-17)19(2)3/h9-12,15H,5-8,13-14H2,1-4H3. The molecule has 1 aromatic rings. The molecule has 1 atom stereocenters. The van der Waals surface area contributed by atoms with Crippen LogP contribution in [0, 0.1) is 0 Å². The van der Waals surface area contributed by atoms with Crippen LogP contribution in [0.4, 0.5) is 11.4 Å². The van der Waals surface area contributed by atoms with Gasteiger partial charge in [-0.2, -0.15) is 0 Å².